The van der Waals surface area contributed by atoms with E-state index in [1.807, 2.05) is 0 Å². The molecule has 4 heteroatoms. The Morgan fingerprint density at radius 3 is 2.62 bits per heavy atom. The zero-order chi connectivity index (χ0) is 6.15. The molecule has 0 atom stereocenters. The Morgan fingerprint density at radius 1 is 1.88 bits per heavy atom. The van der Waals surface area contributed by atoms with Gasteiger partial charge in [-0.15, -0.1) is 0 Å². The molecule has 1 rings (SSSR count). The van der Waals surface area contributed by atoms with Gasteiger partial charge in [0.1, 0.15) is 5.15 Å². The summed E-state index contributed by atoms with van der Waals surface area (Å²) in [5.41, 5.74) is 5.31. The summed E-state index contributed by atoms with van der Waals surface area (Å²) in [6.45, 7) is 0. The number of nitrogen functional groups attached to an aromatic ring is 1. The number of aromatic nitrogens is 2. The lowest BCUT2D eigenvalue weighted by Gasteiger charge is -1.91. The molecular weight excluding hydrogens is 126 g/mol. The Hall–Kier alpha value is -0.700. The van der Waals surface area contributed by atoms with Gasteiger partial charge in [-0.1, -0.05) is 11.6 Å². The van der Waals surface area contributed by atoms with E-state index in [4.69, 9.17) is 17.3 Å². The van der Waals surface area contributed by atoms with Crippen LogP contribution in [0.1, 0.15) is 0 Å². The lowest BCUT2D eigenvalue weighted by molar-refractivity contribution is 0.931. The molecule has 1 heterocycles. The summed E-state index contributed by atoms with van der Waals surface area (Å²) in [5, 5.41) is 0.558. The molecule has 8 heavy (non-hydrogen) atoms. The number of hydrogen-bond acceptors (Lipinski definition) is 2. The van der Waals surface area contributed by atoms with Gasteiger partial charge in [-0.2, -0.15) is 0 Å². The summed E-state index contributed by atoms with van der Waals surface area (Å²) in [6, 6.07) is 0. The highest BCUT2D eigenvalue weighted by Gasteiger charge is 1.95. The number of nitrogens with two attached hydrogens (primary N) is 1. The molecule has 0 fully saturated rings. The highest BCUT2D eigenvalue weighted by molar-refractivity contribution is 6.29. The van der Waals surface area contributed by atoms with Gasteiger partial charge in [0.2, 0.25) is 5.95 Å². The molecule has 0 unspecified atom stereocenters. The van der Waals surface area contributed by atoms with E-state index >= 15 is 0 Å². The third-order valence-corrected chi connectivity index (χ3v) is 1.32. The Kier molecular flexibility index (Phi) is 1.13. The van der Waals surface area contributed by atoms with Gasteiger partial charge in [-0.3, -0.25) is 0 Å². The highest BCUT2D eigenvalue weighted by Crippen LogP contribution is 2.08. The molecule has 1 aromatic heterocycles. The monoisotopic (exact) mass is 131 g/mol. The Labute approximate surface area is 52.1 Å². The molecule has 0 bridgehead atoms. The van der Waals surface area contributed by atoms with Gasteiger partial charge in [0.05, 0.1) is 6.20 Å². The SMILES string of the molecule is Cn1c(Cl)cnc1N. The van der Waals surface area contributed by atoms with Crippen LogP contribution in [-0.2, 0) is 7.05 Å². The second kappa shape index (κ2) is 1.67. The van der Waals surface area contributed by atoms with Crippen molar-refractivity contribution < 1.29 is 0 Å². The molecule has 0 saturated carbocycles. The minimum Gasteiger partial charge on any atom is -0.369 e. The fourth-order valence-electron chi connectivity index (χ4n) is 0.402. The first-order chi connectivity index (χ1) is 3.72. The van der Waals surface area contributed by atoms with Crippen LogP contribution in [0.15, 0.2) is 6.20 Å². The molecule has 0 amide bonds. The van der Waals surface area contributed by atoms with Gasteiger partial charge in [0.25, 0.3) is 0 Å². The second-order valence-corrected chi connectivity index (χ2v) is 1.89. The van der Waals surface area contributed by atoms with E-state index in [0.29, 0.717) is 11.1 Å². The Balaban J connectivity index is 3.19. The number of hydrogen-bond donors (Lipinski definition) is 1. The number of nitrogens with zero attached hydrogens (tertiary/aromatic N) is 2. The first-order valence-corrected chi connectivity index (χ1v) is 2.52. The van der Waals surface area contributed by atoms with Gasteiger partial charge >= 0.3 is 0 Å². The predicted octanol–water partition coefficient (Wildman–Crippen LogP) is 0.656. The summed E-state index contributed by atoms with van der Waals surface area (Å²) in [7, 11) is 1.75. The molecule has 44 valence electrons. The average Bonchev–Trinajstić information content (AvgIpc) is 1.98. The molecule has 0 radical (unpaired) electrons. The smallest absolute Gasteiger partial charge is 0.201 e. The van der Waals surface area contributed by atoms with Crippen molar-refractivity contribution in [2.24, 2.45) is 7.05 Å². The molecule has 0 spiro atoms. The van der Waals surface area contributed by atoms with E-state index in [1.165, 1.54) is 6.20 Å². The quantitative estimate of drug-likeness (QED) is 0.562. The molecule has 0 aliphatic heterocycles. The van der Waals surface area contributed by atoms with Crippen LogP contribution in [0.4, 0.5) is 5.95 Å². The maximum absolute atomic E-state index is 5.55. The lowest BCUT2D eigenvalue weighted by Crippen LogP contribution is -1.96. The molecule has 0 aromatic carbocycles. The standard InChI is InChI=1S/C4H6ClN3/c1-8-3(5)2-7-4(8)6/h2H,1H3,(H2,6,7). The second-order valence-electron chi connectivity index (χ2n) is 1.50. The molecule has 2 N–H and O–H groups in total. The van der Waals surface area contributed by atoms with Crippen LogP contribution < -0.4 is 5.73 Å². The molecule has 0 aliphatic rings. The molecule has 0 saturated heterocycles. The van der Waals surface area contributed by atoms with Crippen LogP contribution in [-0.4, -0.2) is 9.55 Å². The van der Waals surface area contributed by atoms with E-state index in [9.17, 15) is 0 Å². The van der Waals surface area contributed by atoms with Gasteiger partial charge < -0.3 is 10.3 Å². The van der Waals surface area contributed by atoms with Crippen molar-refractivity contribution in [3.05, 3.63) is 11.3 Å². The summed E-state index contributed by atoms with van der Waals surface area (Å²) in [4.78, 5) is 3.72. The zero-order valence-corrected chi connectivity index (χ0v) is 5.18. The summed E-state index contributed by atoms with van der Waals surface area (Å²) < 4.78 is 1.60. The van der Waals surface area contributed by atoms with Crippen molar-refractivity contribution in [2.45, 2.75) is 0 Å². The van der Waals surface area contributed by atoms with Crippen molar-refractivity contribution in [1.82, 2.24) is 9.55 Å². The molecule has 3 nitrogen and oxygen atoms in total. The normalized spacial score (nSPS) is 9.75. The third-order valence-electron chi connectivity index (χ3n) is 0.967. The van der Waals surface area contributed by atoms with Gasteiger partial charge in [0, 0.05) is 7.05 Å². The van der Waals surface area contributed by atoms with Crippen molar-refractivity contribution in [2.75, 3.05) is 5.73 Å². The summed E-state index contributed by atoms with van der Waals surface area (Å²) >= 11 is 5.55. The lowest BCUT2D eigenvalue weighted by atomic mass is 10.9. The first-order valence-electron chi connectivity index (χ1n) is 2.14. The molecular formula is C4H6ClN3. The van der Waals surface area contributed by atoms with Crippen molar-refractivity contribution in [3.63, 3.8) is 0 Å². The fraction of sp³-hybridized carbons (Fsp3) is 0.250. The first kappa shape index (κ1) is 5.44. The van der Waals surface area contributed by atoms with E-state index in [0.717, 1.165) is 0 Å². The summed E-state index contributed by atoms with van der Waals surface area (Å²) in [5.74, 6) is 0.440. The topological polar surface area (TPSA) is 43.8 Å². The number of rotatable bonds is 0. The predicted molar refractivity (Wildman–Crippen MR) is 32.6 cm³/mol. The Bertz CT molecular complexity index is 174. The number of imidazole rings is 1. The fourth-order valence-corrected chi connectivity index (χ4v) is 0.537. The number of anilines is 1. The maximum Gasteiger partial charge on any atom is 0.201 e. The highest BCUT2D eigenvalue weighted by atomic mass is 35.5. The molecule has 1 aromatic rings. The number of halogens is 1. The van der Waals surface area contributed by atoms with Crippen LogP contribution in [0.5, 0.6) is 0 Å². The van der Waals surface area contributed by atoms with Gasteiger partial charge in [-0.05, 0) is 0 Å². The van der Waals surface area contributed by atoms with Crippen LogP contribution in [0.25, 0.3) is 0 Å². The van der Waals surface area contributed by atoms with Crippen molar-refractivity contribution in [3.8, 4) is 0 Å². The Morgan fingerprint density at radius 2 is 2.50 bits per heavy atom. The van der Waals surface area contributed by atoms with Crippen molar-refractivity contribution >= 4 is 17.5 Å². The van der Waals surface area contributed by atoms with Crippen molar-refractivity contribution in [1.29, 1.82) is 0 Å². The van der Waals surface area contributed by atoms with E-state index in [2.05, 4.69) is 4.98 Å². The maximum atomic E-state index is 5.55. The van der Waals surface area contributed by atoms with E-state index in [-0.39, 0.29) is 0 Å². The largest absolute Gasteiger partial charge is 0.369 e. The van der Waals surface area contributed by atoms with E-state index in [1.54, 1.807) is 11.6 Å². The minimum atomic E-state index is 0.440. The van der Waals surface area contributed by atoms with Crippen LogP contribution in [0, 0.1) is 0 Å². The third kappa shape index (κ3) is 0.648. The van der Waals surface area contributed by atoms with Gasteiger partial charge in [-0.25, -0.2) is 4.98 Å². The van der Waals surface area contributed by atoms with Gasteiger partial charge in [0.15, 0.2) is 0 Å². The minimum absolute atomic E-state index is 0.440. The zero-order valence-electron chi connectivity index (χ0n) is 4.43. The van der Waals surface area contributed by atoms with Crippen LogP contribution >= 0.6 is 11.6 Å². The molecule has 0 aliphatic carbocycles. The average molecular weight is 132 g/mol. The van der Waals surface area contributed by atoms with Crippen LogP contribution in [0.2, 0.25) is 5.15 Å². The van der Waals surface area contributed by atoms with Crippen LogP contribution in [0.3, 0.4) is 0 Å². The van der Waals surface area contributed by atoms with E-state index < -0.39 is 0 Å². The summed E-state index contributed by atoms with van der Waals surface area (Å²) in [6.07, 6.45) is 1.51.